The molecule has 2 rings (SSSR count). The average molecular weight is 291 g/mol. The predicted molar refractivity (Wildman–Crippen MR) is 81.3 cm³/mol. The zero-order valence-electron chi connectivity index (χ0n) is 11.5. The zero-order chi connectivity index (χ0) is 14.5. The standard InChI is InChI=1S/C15H17NO3S/c1-3-7-19-11-6-4-5-10(8-11)13-9-12(16)14(20-13)15(17)18-2/h4-6,8-9H,3,7,16H2,1-2H3. The first-order valence-electron chi connectivity index (χ1n) is 6.36. The molecule has 2 N–H and O–H groups in total. The summed E-state index contributed by atoms with van der Waals surface area (Å²) in [5.74, 6) is 0.410. The molecule has 20 heavy (non-hydrogen) atoms. The van der Waals surface area contributed by atoms with Gasteiger partial charge in [-0.15, -0.1) is 11.3 Å². The van der Waals surface area contributed by atoms with Crippen molar-refractivity contribution in [3.05, 3.63) is 35.2 Å². The Hall–Kier alpha value is -2.01. The van der Waals surface area contributed by atoms with Crippen LogP contribution in [0.5, 0.6) is 5.75 Å². The van der Waals surface area contributed by atoms with E-state index in [4.69, 9.17) is 15.2 Å². The topological polar surface area (TPSA) is 61.5 Å². The SMILES string of the molecule is CCCOc1cccc(-c2cc(N)c(C(=O)OC)s2)c1. The van der Waals surface area contributed by atoms with Gasteiger partial charge < -0.3 is 15.2 Å². The normalized spacial score (nSPS) is 10.3. The average Bonchev–Trinajstić information content (AvgIpc) is 2.86. The number of ether oxygens (including phenoxy) is 2. The predicted octanol–water partition coefficient (Wildman–Crippen LogP) is 3.57. The molecule has 106 valence electrons. The number of carbonyl (C=O) groups is 1. The Kier molecular flexibility index (Phi) is 4.63. The third-order valence-corrected chi connectivity index (χ3v) is 3.90. The lowest BCUT2D eigenvalue weighted by Gasteiger charge is -2.05. The fourth-order valence-corrected chi connectivity index (χ4v) is 2.75. The maximum absolute atomic E-state index is 11.6. The number of rotatable bonds is 5. The fourth-order valence-electron chi connectivity index (χ4n) is 1.76. The quantitative estimate of drug-likeness (QED) is 0.855. The summed E-state index contributed by atoms with van der Waals surface area (Å²) in [7, 11) is 1.35. The first-order chi connectivity index (χ1) is 9.65. The summed E-state index contributed by atoms with van der Waals surface area (Å²) in [5.41, 5.74) is 7.27. The first kappa shape index (κ1) is 14.4. The van der Waals surface area contributed by atoms with Gasteiger partial charge in [-0.3, -0.25) is 0 Å². The van der Waals surface area contributed by atoms with Gasteiger partial charge in [0.05, 0.1) is 19.4 Å². The number of nitrogen functional groups attached to an aromatic ring is 1. The van der Waals surface area contributed by atoms with Gasteiger partial charge in [-0.1, -0.05) is 19.1 Å². The molecule has 0 saturated carbocycles. The highest BCUT2D eigenvalue weighted by molar-refractivity contribution is 7.18. The van der Waals surface area contributed by atoms with Crippen molar-refractivity contribution in [2.75, 3.05) is 19.5 Å². The Morgan fingerprint density at radius 3 is 2.85 bits per heavy atom. The molecule has 0 aliphatic carbocycles. The largest absolute Gasteiger partial charge is 0.494 e. The smallest absolute Gasteiger partial charge is 0.350 e. The van der Waals surface area contributed by atoms with Crippen molar-refractivity contribution in [3.63, 3.8) is 0 Å². The molecule has 4 nitrogen and oxygen atoms in total. The van der Waals surface area contributed by atoms with Crippen molar-refractivity contribution >= 4 is 23.0 Å². The molecule has 0 aliphatic rings. The highest BCUT2D eigenvalue weighted by Gasteiger charge is 2.15. The zero-order valence-corrected chi connectivity index (χ0v) is 12.3. The fraction of sp³-hybridized carbons (Fsp3) is 0.267. The van der Waals surface area contributed by atoms with Crippen LogP contribution >= 0.6 is 11.3 Å². The molecule has 0 amide bonds. The molecule has 0 spiro atoms. The number of benzene rings is 1. The number of methoxy groups -OCH3 is 1. The Labute approximate surface area is 122 Å². The summed E-state index contributed by atoms with van der Waals surface area (Å²) in [4.78, 5) is 12.9. The lowest BCUT2D eigenvalue weighted by Crippen LogP contribution is -2.00. The summed E-state index contributed by atoms with van der Waals surface area (Å²) in [6, 6.07) is 9.54. The molecule has 1 heterocycles. The number of nitrogens with two attached hydrogens (primary N) is 1. The molecule has 5 heteroatoms. The number of carbonyl (C=O) groups excluding carboxylic acids is 1. The molecular formula is C15H17NO3S. The maximum Gasteiger partial charge on any atom is 0.350 e. The monoisotopic (exact) mass is 291 g/mol. The molecule has 0 fully saturated rings. The maximum atomic E-state index is 11.6. The van der Waals surface area contributed by atoms with Crippen molar-refractivity contribution in [3.8, 4) is 16.2 Å². The van der Waals surface area contributed by atoms with Gasteiger partial charge in [-0.2, -0.15) is 0 Å². The Morgan fingerprint density at radius 2 is 2.15 bits per heavy atom. The van der Waals surface area contributed by atoms with E-state index in [0.29, 0.717) is 17.2 Å². The van der Waals surface area contributed by atoms with Gasteiger partial charge in [-0.25, -0.2) is 4.79 Å². The molecular weight excluding hydrogens is 274 g/mol. The number of hydrogen-bond donors (Lipinski definition) is 1. The molecule has 0 bridgehead atoms. The lowest BCUT2D eigenvalue weighted by atomic mass is 10.2. The van der Waals surface area contributed by atoms with Gasteiger partial charge in [0.25, 0.3) is 0 Å². The lowest BCUT2D eigenvalue weighted by molar-refractivity contribution is 0.0607. The number of anilines is 1. The minimum Gasteiger partial charge on any atom is -0.494 e. The summed E-state index contributed by atoms with van der Waals surface area (Å²) in [6.07, 6.45) is 0.961. The first-order valence-corrected chi connectivity index (χ1v) is 7.18. The van der Waals surface area contributed by atoms with E-state index in [1.165, 1.54) is 18.4 Å². The van der Waals surface area contributed by atoms with E-state index in [0.717, 1.165) is 22.6 Å². The molecule has 0 atom stereocenters. The molecule has 0 saturated heterocycles. The van der Waals surface area contributed by atoms with Gasteiger partial charge in [-0.05, 0) is 30.2 Å². The van der Waals surface area contributed by atoms with E-state index in [-0.39, 0.29) is 0 Å². The third kappa shape index (κ3) is 3.11. The molecule has 0 unspecified atom stereocenters. The Morgan fingerprint density at radius 1 is 1.35 bits per heavy atom. The number of thiophene rings is 1. The Bertz CT molecular complexity index is 607. The van der Waals surface area contributed by atoms with E-state index in [1.807, 2.05) is 24.3 Å². The number of esters is 1. The summed E-state index contributed by atoms with van der Waals surface area (Å²) in [5, 5.41) is 0. The second-order valence-corrected chi connectivity index (χ2v) is 5.32. The molecule has 0 aliphatic heterocycles. The summed E-state index contributed by atoms with van der Waals surface area (Å²) >= 11 is 1.32. The van der Waals surface area contributed by atoms with Crippen LogP contribution in [0.1, 0.15) is 23.0 Å². The molecule has 1 aromatic heterocycles. The van der Waals surface area contributed by atoms with Crippen molar-refractivity contribution in [1.29, 1.82) is 0 Å². The van der Waals surface area contributed by atoms with Crippen LogP contribution in [0.4, 0.5) is 5.69 Å². The minimum atomic E-state index is -0.405. The van der Waals surface area contributed by atoms with Crippen LogP contribution in [-0.4, -0.2) is 19.7 Å². The third-order valence-electron chi connectivity index (χ3n) is 2.72. The molecule has 2 aromatic rings. The van der Waals surface area contributed by atoms with Gasteiger partial charge in [0.1, 0.15) is 10.6 Å². The van der Waals surface area contributed by atoms with E-state index in [9.17, 15) is 4.79 Å². The number of hydrogen-bond acceptors (Lipinski definition) is 5. The van der Waals surface area contributed by atoms with Crippen molar-refractivity contribution in [1.82, 2.24) is 0 Å². The van der Waals surface area contributed by atoms with Crippen LogP contribution in [0.15, 0.2) is 30.3 Å². The van der Waals surface area contributed by atoms with Crippen molar-refractivity contribution in [2.45, 2.75) is 13.3 Å². The van der Waals surface area contributed by atoms with Crippen molar-refractivity contribution in [2.24, 2.45) is 0 Å². The van der Waals surface area contributed by atoms with E-state index >= 15 is 0 Å². The summed E-state index contributed by atoms with van der Waals surface area (Å²) in [6.45, 7) is 2.75. The van der Waals surface area contributed by atoms with Crippen LogP contribution in [-0.2, 0) is 4.74 Å². The highest BCUT2D eigenvalue weighted by atomic mass is 32.1. The van der Waals surface area contributed by atoms with Crippen molar-refractivity contribution < 1.29 is 14.3 Å². The van der Waals surface area contributed by atoms with E-state index in [1.54, 1.807) is 6.07 Å². The van der Waals surface area contributed by atoms with Gasteiger partial charge in [0.15, 0.2) is 0 Å². The van der Waals surface area contributed by atoms with E-state index < -0.39 is 5.97 Å². The van der Waals surface area contributed by atoms with Gasteiger partial charge >= 0.3 is 5.97 Å². The molecule has 1 aromatic carbocycles. The Balaban J connectivity index is 2.29. The van der Waals surface area contributed by atoms with Crippen LogP contribution in [0.3, 0.4) is 0 Å². The second-order valence-electron chi connectivity index (χ2n) is 4.26. The van der Waals surface area contributed by atoms with Gasteiger partial charge in [0.2, 0.25) is 0 Å². The highest BCUT2D eigenvalue weighted by Crippen LogP contribution is 2.34. The molecule has 0 radical (unpaired) electrons. The second kappa shape index (κ2) is 6.43. The van der Waals surface area contributed by atoms with E-state index in [2.05, 4.69) is 6.92 Å². The van der Waals surface area contributed by atoms with Crippen LogP contribution in [0, 0.1) is 0 Å². The summed E-state index contributed by atoms with van der Waals surface area (Å²) < 4.78 is 10.3. The van der Waals surface area contributed by atoms with Crippen LogP contribution < -0.4 is 10.5 Å². The van der Waals surface area contributed by atoms with Crippen LogP contribution in [0.2, 0.25) is 0 Å². The van der Waals surface area contributed by atoms with Gasteiger partial charge in [0, 0.05) is 4.88 Å². The minimum absolute atomic E-state index is 0.405. The van der Waals surface area contributed by atoms with Crippen LogP contribution in [0.25, 0.3) is 10.4 Å².